The summed E-state index contributed by atoms with van der Waals surface area (Å²) in [5.41, 5.74) is 0.113. The average Bonchev–Trinajstić information content (AvgIpc) is 2.67. The van der Waals surface area contributed by atoms with Gasteiger partial charge in [-0.15, -0.1) is 0 Å². The Labute approximate surface area is 161 Å². The van der Waals surface area contributed by atoms with E-state index in [0.29, 0.717) is 6.17 Å². The van der Waals surface area contributed by atoms with Crippen molar-refractivity contribution in [2.45, 2.75) is 62.3 Å². The van der Waals surface area contributed by atoms with E-state index in [2.05, 4.69) is 41.6 Å². The van der Waals surface area contributed by atoms with Crippen molar-refractivity contribution >= 4 is 0 Å². The van der Waals surface area contributed by atoms with Gasteiger partial charge in [-0.3, -0.25) is 9.80 Å². The van der Waals surface area contributed by atoms with Gasteiger partial charge in [0.25, 0.3) is 0 Å². The number of hydrogen-bond acceptors (Lipinski definition) is 6. The van der Waals surface area contributed by atoms with Gasteiger partial charge in [-0.2, -0.15) is 0 Å². The van der Waals surface area contributed by atoms with Crippen LogP contribution < -0.4 is 10.6 Å². The van der Waals surface area contributed by atoms with Crippen LogP contribution in [0.2, 0.25) is 0 Å². The Hall–Kier alpha value is -0.240. The number of nitrogens with zero attached hydrogens (tertiary/aromatic N) is 2. The molecule has 2 aliphatic rings. The summed E-state index contributed by atoms with van der Waals surface area (Å²) in [6, 6.07) is 0. The zero-order valence-corrected chi connectivity index (χ0v) is 17.8. The second kappa shape index (κ2) is 10.3. The van der Waals surface area contributed by atoms with Crippen molar-refractivity contribution in [3.8, 4) is 0 Å². The van der Waals surface area contributed by atoms with Gasteiger partial charge < -0.3 is 20.1 Å². The molecule has 2 rings (SSSR count). The standard InChI is InChI=1S/C20H42N4O2/c1-23(2)18(6-7-19(25-4)8-13-21-14-9-19)24(3)17-12-20(26-5)10-15-22-16-11-20/h18,21-22H,6-17H2,1-5H3. The highest BCUT2D eigenvalue weighted by Gasteiger charge is 2.35. The van der Waals surface area contributed by atoms with Gasteiger partial charge in [-0.25, -0.2) is 0 Å². The number of rotatable bonds is 10. The second-order valence-electron chi connectivity index (χ2n) is 8.49. The molecule has 6 nitrogen and oxygen atoms in total. The first kappa shape index (κ1) is 22.1. The Morgan fingerprint density at radius 2 is 1.27 bits per heavy atom. The fraction of sp³-hybridized carbons (Fsp3) is 1.00. The molecule has 2 heterocycles. The van der Waals surface area contributed by atoms with E-state index in [9.17, 15) is 0 Å². The van der Waals surface area contributed by atoms with Gasteiger partial charge in [0.15, 0.2) is 0 Å². The summed E-state index contributed by atoms with van der Waals surface area (Å²) < 4.78 is 11.9. The van der Waals surface area contributed by atoms with Crippen LogP contribution >= 0.6 is 0 Å². The third kappa shape index (κ3) is 5.88. The first-order valence-corrected chi connectivity index (χ1v) is 10.3. The maximum Gasteiger partial charge on any atom is 0.0715 e. The molecule has 6 heteroatoms. The number of ether oxygens (including phenoxy) is 2. The van der Waals surface area contributed by atoms with E-state index in [-0.39, 0.29) is 11.2 Å². The zero-order valence-electron chi connectivity index (χ0n) is 17.8. The van der Waals surface area contributed by atoms with Crippen molar-refractivity contribution in [1.82, 2.24) is 20.4 Å². The molecule has 0 aromatic heterocycles. The summed E-state index contributed by atoms with van der Waals surface area (Å²) in [5, 5.41) is 6.90. The lowest BCUT2D eigenvalue weighted by Gasteiger charge is -2.42. The van der Waals surface area contributed by atoms with Crippen LogP contribution in [0.25, 0.3) is 0 Å². The van der Waals surface area contributed by atoms with E-state index < -0.39 is 0 Å². The van der Waals surface area contributed by atoms with Crippen molar-refractivity contribution < 1.29 is 9.47 Å². The molecule has 154 valence electrons. The Bertz CT molecular complexity index is 393. The van der Waals surface area contributed by atoms with Gasteiger partial charge in [-0.05, 0) is 92.3 Å². The van der Waals surface area contributed by atoms with E-state index in [1.165, 1.54) is 0 Å². The van der Waals surface area contributed by atoms with E-state index >= 15 is 0 Å². The van der Waals surface area contributed by atoms with Gasteiger partial charge >= 0.3 is 0 Å². The van der Waals surface area contributed by atoms with Gasteiger partial charge in [0.1, 0.15) is 0 Å². The lowest BCUT2D eigenvalue weighted by Crippen LogP contribution is -2.50. The molecule has 0 aromatic rings. The third-order valence-electron chi connectivity index (χ3n) is 6.78. The molecule has 0 radical (unpaired) electrons. The molecule has 0 aromatic carbocycles. The number of nitrogens with one attached hydrogen (secondary N) is 2. The monoisotopic (exact) mass is 370 g/mol. The zero-order chi connectivity index (χ0) is 19.0. The number of methoxy groups -OCH3 is 2. The van der Waals surface area contributed by atoms with E-state index in [0.717, 1.165) is 77.7 Å². The molecule has 0 saturated carbocycles. The van der Waals surface area contributed by atoms with Gasteiger partial charge in [-0.1, -0.05) is 0 Å². The normalized spacial score (nSPS) is 24.1. The maximum absolute atomic E-state index is 5.97. The van der Waals surface area contributed by atoms with Crippen LogP contribution in [-0.4, -0.2) is 95.3 Å². The summed E-state index contributed by atoms with van der Waals surface area (Å²) >= 11 is 0. The van der Waals surface area contributed by atoms with Crippen LogP contribution in [-0.2, 0) is 9.47 Å². The van der Waals surface area contributed by atoms with Crippen LogP contribution in [0.4, 0.5) is 0 Å². The summed E-state index contributed by atoms with van der Waals surface area (Å²) in [4.78, 5) is 4.86. The minimum atomic E-state index is 0.0547. The lowest BCUT2D eigenvalue weighted by molar-refractivity contribution is -0.0610. The quantitative estimate of drug-likeness (QED) is 0.569. The molecule has 0 aliphatic carbocycles. The molecule has 1 atom stereocenters. The molecule has 0 amide bonds. The lowest BCUT2D eigenvalue weighted by atomic mass is 9.86. The molecule has 26 heavy (non-hydrogen) atoms. The Morgan fingerprint density at radius 1 is 0.808 bits per heavy atom. The molecule has 0 spiro atoms. The summed E-state index contributed by atoms with van der Waals surface area (Å²) in [6.07, 6.45) is 8.27. The maximum atomic E-state index is 5.97. The number of hydrogen-bond donors (Lipinski definition) is 2. The van der Waals surface area contributed by atoms with Crippen molar-refractivity contribution in [2.24, 2.45) is 0 Å². The van der Waals surface area contributed by atoms with E-state index in [1.54, 1.807) is 0 Å². The first-order valence-electron chi connectivity index (χ1n) is 10.3. The van der Waals surface area contributed by atoms with Crippen molar-refractivity contribution in [2.75, 3.05) is 68.1 Å². The SMILES string of the molecule is COC1(CCC(N(C)C)N(C)CCC2(OC)CCNCC2)CCNCC1. The second-order valence-corrected chi connectivity index (χ2v) is 8.49. The third-order valence-corrected chi connectivity index (χ3v) is 6.78. The van der Waals surface area contributed by atoms with Crippen LogP contribution in [0.3, 0.4) is 0 Å². The molecule has 1 unspecified atom stereocenters. The number of piperidine rings is 2. The highest BCUT2D eigenvalue weighted by atomic mass is 16.5. The highest BCUT2D eigenvalue weighted by molar-refractivity contribution is 4.89. The van der Waals surface area contributed by atoms with Crippen molar-refractivity contribution in [1.29, 1.82) is 0 Å². The van der Waals surface area contributed by atoms with Crippen LogP contribution in [0.1, 0.15) is 44.9 Å². The molecule has 0 bridgehead atoms. The van der Waals surface area contributed by atoms with Crippen LogP contribution in [0.15, 0.2) is 0 Å². The van der Waals surface area contributed by atoms with Crippen LogP contribution in [0.5, 0.6) is 0 Å². The van der Waals surface area contributed by atoms with E-state index in [4.69, 9.17) is 9.47 Å². The largest absolute Gasteiger partial charge is 0.378 e. The molecule has 2 fully saturated rings. The summed E-state index contributed by atoms with van der Waals surface area (Å²) in [7, 11) is 10.4. The van der Waals surface area contributed by atoms with Crippen LogP contribution in [0, 0.1) is 0 Å². The first-order chi connectivity index (χ1) is 12.5. The Morgan fingerprint density at radius 3 is 1.69 bits per heavy atom. The minimum Gasteiger partial charge on any atom is -0.378 e. The van der Waals surface area contributed by atoms with Gasteiger partial charge in [0, 0.05) is 20.8 Å². The molecule has 2 N–H and O–H groups in total. The smallest absolute Gasteiger partial charge is 0.0715 e. The predicted octanol–water partition coefficient (Wildman–Crippen LogP) is 1.51. The molecular formula is C20H42N4O2. The minimum absolute atomic E-state index is 0.0547. The van der Waals surface area contributed by atoms with Gasteiger partial charge in [0.05, 0.1) is 17.4 Å². The summed E-state index contributed by atoms with van der Waals surface area (Å²) in [6.45, 7) is 5.34. The van der Waals surface area contributed by atoms with Gasteiger partial charge in [0.2, 0.25) is 0 Å². The topological polar surface area (TPSA) is 49.0 Å². The fourth-order valence-electron chi connectivity index (χ4n) is 4.67. The Balaban J connectivity index is 1.88. The highest BCUT2D eigenvalue weighted by Crippen LogP contribution is 2.30. The van der Waals surface area contributed by atoms with Crippen molar-refractivity contribution in [3.63, 3.8) is 0 Å². The molecule has 2 aliphatic heterocycles. The Kier molecular flexibility index (Phi) is 8.77. The van der Waals surface area contributed by atoms with Crippen molar-refractivity contribution in [3.05, 3.63) is 0 Å². The molecule has 2 saturated heterocycles. The summed E-state index contributed by atoms with van der Waals surface area (Å²) in [5.74, 6) is 0. The average molecular weight is 371 g/mol. The molecular weight excluding hydrogens is 328 g/mol. The fourth-order valence-corrected chi connectivity index (χ4v) is 4.67. The van der Waals surface area contributed by atoms with E-state index in [1.807, 2.05) is 14.2 Å². The predicted molar refractivity (Wildman–Crippen MR) is 108 cm³/mol.